The zero-order valence-electron chi connectivity index (χ0n) is 20.1. The van der Waals surface area contributed by atoms with E-state index in [4.69, 9.17) is 14.5 Å². The topological polar surface area (TPSA) is 69.5 Å². The maximum absolute atomic E-state index is 13.8. The number of aryl methyl sites for hydroxylation is 3. The highest BCUT2D eigenvalue weighted by Crippen LogP contribution is 2.34. The Morgan fingerprint density at radius 3 is 2.62 bits per heavy atom. The van der Waals surface area contributed by atoms with E-state index in [0.29, 0.717) is 42.0 Å². The fourth-order valence-corrected chi connectivity index (χ4v) is 4.83. The number of ether oxygens (including phenoxy) is 2. The molecule has 0 aliphatic carbocycles. The van der Waals surface area contributed by atoms with Crippen LogP contribution < -0.4 is 14.4 Å². The summed E-state index contributed by atoms with van der Waals surface area (Å²) in [7, 11) is 0. The first-order valence-corrected chi connectivity index (χ1v) is 12.4. The molecule has 0 saturated carbocycles. The number of hydrogen-bond acceptors (Lipinski definition) is 6. The van der Waals surface area contributed by atoms with Gasteiger partial charge in [-0.1, -0.05) is 17.4 Å². The number of aromatic nitrogens is 3. The van der Waals surface area contributed by atoms with Gasteiger partial charge in [-0.05, 0) is 69.5 Å². The number of anilines is 1. The van der Waals surface area contributed by atoms with Gasteiger partial charge in [0.2, 0.25) is 0 Å². The van der Waals surface area contributed by atoms with E-state index in [0.717, 1.165) is 28.7 Å². The van der Waals surface area contributed by atoms with Crippen molar-refractivity contribution in [1.29, 1.82) is 0 Å². The van der Waals surface area contributed by atoms with Crippen molar-refractivity contribution in [2.24, 2.45) is 0 Å². The smallest absolute Gasteiger partial charge is 0.260 e. The lowest BCUT2D eigenvalue weighted by molar-refractivity contribution is 0.0985. The Morgan fingerprint density at radius 2 is 1.88 bits per heavy atom. The number of amides is 1. The monoisotopic (exact) mass is 478 g/mol. The molecule has 4 aromatic rings. The molecule has 2 heterocycles. The quantitative estimate of drug-likeness (QED) is 0.295. The Kier molecular flexibility index (Phi) is 7.47. The number of benzene rings is 2. The molecule has 0 radical (unpaired) electrons. The van der Waals surface area contributed by atoms with Gasteiger partial charge in [-0.2, -0.15) is 0 Å². The van der Waals surface area contributed by atoms with Gasteiger partial charge in [-0.25, -0.2) is 9.97 Å². The summed E-state index contributed by atoms with van der Waals surface area (Å²) in [6, 6.07) is 9.55. The highest BCUT2D eigenvalue weighted by Gasteiger charge is 2.23. The average molecular weight is 479 g/mol. The summed E-state index contributed by atoms with van der Waals surface area (Å²) >= 11 is 1.54. The van der Waals surface area contributed by atoms with Crippen molar-refractivity contribution >= 4 is 32.6 Å². The predicted octanol–water partition coefficient (Wildman–Crippen LogP) is 5.64. The third-order valence-corrected chi connectivity index (χ3v) is 6.74. The third kappa shape index (κ3) is 5.07. The zero-order valence-corrected chi connectivity index (χ0v) is 20.9. The number of carbonyl (C=O) groups is 1. The molecule has 1 amide bonds. The number of fused-ring (bicyclic) bond motifs is 1. The van der Waals surface area contributed by atoms with Crippen LogP contribution in [0.1, 0.15) is 41.8 Å². The molecule has 8 heteroatoms. The number of rotatable bonds is 10. The van der Waals surface area contributed by atoms with E-state index in [9.17, 15) is 4.79 Å². The van der Waals surface area contributed by atoms with Crippen molar-refractivity contribution in [3.8, 4) is 11.5 Å². The van der Waals surface area contributed by atoms with Gasteiger partial charge in [0.25, 0.3) is 5.91 Å². The fourth-order valence-electron chi connectivity index (χ4n) is 3.78. The van der Waals surface area contributed by atoms with Gasteiger partial charge in [0.15, 0.2) is 16.6 Å². The zero-order chi connectivity index (χ0) is 24.1. The Hall–Kier alpha value is -3.39. The molecule has 0 spiro atoms. The first kappa shape index (κ1) is 23.8. The minimum Gasteiger partial charge on any atom is -0.490 e. The fraction of sp³-hybridized carbons (Fsp3) is 0.346. The van der Waals surface area contributed by atoms with Crippen LogP contribution in [-0.2, 0) is 6.54 Å². The highest BCUT2D eigenvalue weighted by molar-refractivity contribution is 7.22. The largest absolute Gasteiger partial charge is 0.490 e. The SMILES string of the molecule is CCOc1ccc(C(=O)N(CCCn2ccnc2)c2nc3c(C)c(C)ccc3s2)cc1OCC. The second-order valence-electron chi connectivity index (χ2n) is 7.99. The molecular formula is C26H30N4O3S. The molecule has 34 heavy (non-hydrogen) atoms. The number of thiazole rings is 1. The summed E-state index contributed by atoms with van der Waals surface area (Å²) in [4.78, 5) is 24.5. The number of hydrogen-bond donors (Lipinski definition) is 0. The molecule has 2 aromatic carbocycles. The van der Waals surface area contributed by atoms with E-state index < -0.39 is 0 Å². The van der Waals surface area contributed by atoms with Crippen LogP contribution in [0.15, 0.2) is 49.1 Å². The van der Waals surface area contributed by atoms with Gasteiger partial charge in [0, 0.05) is 31.0 Å². The van der Waals surface area contributed by atoms with Crippen molar-refractivity contribution in [3.05, 3.63) is 65.7 Å². The van der Waals surface area contributed by atoms with Crippen molar-refractivity contribution in [1.82, 2.24) is 14.5 Å². The number of imidazole rings is 1. The molecule has 0 unspecified atom stereocenters. The Morgan fingerprint density at radius 1 is 1.09 bits per heavy atom. The second-order valence-corrected chi connectivity index (χ2v) is 9.00. The Bertz CT molecular complexity index is 1270. The van der Waals surface area contributed by atoms with Crippen LogP contribution in [0, 0.1) is 13.8 Å². The highest BCUT2D eigenvalue weighted by atomic mass is 32.1. The number of nitrogens with zero attached hydrogens (tertiary/aromatic N) is 4. The van der Waals surface area contributed by atoms with E-state index in [2.05, 4.69) is 31.0 Å². The lowest BCUT2D eigenvalue weighted by Crippen LogP contribution is -2.32. The van der Waals surface area contributed by atoms with Crippen LogP contribution in [0.3, 0.4) is 0 Å². The average Bonchev–Trinajstić information content (AvgIpc) is 3.51. The summed E-state index contributed by atoms with van der Waals surface area (Å²) in [5.74, 6) is 1.10. The van der Waals surface area contributed by atoms with Gasteiger partial charge >= 0.3 is 0 Å². The van der Waals surface area contributed by atoms with Crippen molar-refractivity contribution < 1.29 is 14.3 Å². The lowest BCUT2D eigenvalue weighted by atomic mass is 10.1. The van der Waals surface area contributed by atoms with Gasteiger partial charge < -0.3 is 14.0 Å². The number of carbonyl (C=O) groups excluding carboxylic acids is 1. The van der Waals surface area contributed by atoms with Crippen LogP contribution in [0.4, 0.5) is 5.13 Å². The molecule has 7 nitrogen and oxygen atoms in total. The summed E-state index contributed by atoms with van der Waals surface area (Å²) in [6.45, 7) is 10.3. The van der Waals surface area contributed by atoms with Gasteiger partial charge in [0.1, 0.15) is 0 Å². The maximum atomic E-state index is 13.8. The minimum atomic E-state index is -0.108. The van der Waals surface area contributed by atoms with Gasteiger partial charge in [0.05, 0.1) is 29.8 Å². The molecule has 0 aliphatic rings. The van der Waals surface area contributed by atoms with E-state index in [1.807, 2.05) is 24.6 Å². The summed E-state index contributed by atoms with van der Waals surface area (Å²) < 4.78 is 14.5. The first-order valence-electron chi connectivity index (χ1n) is 11.6. The standard InChI is InChI=1S/C26H30N4O3S/c1-5-32-21-10-9-20(16-22(21)33-6-2)25(31)30(14-7-13-29-15-12-27-17-29)26-28-24-19(4)18(3)8-11-23(24)34-26/h8-12,15-17H,5-7,13-14H2,1-4H3. The van der Waals surface area contributed by atoms with E-state index in [-0.39, 0.29) is 5.91 Å². The lowest BCUT2D eigenvalue weighted by Gasteiger charge is -2.21. The molecule has 4 rings (SSSR count). The molecule has 0 saturated heterocycles. The molecule has 0 atom stereocenters. The molecular weight excluding hydrogens is 448 g/mol. The summed E-state index contributed by atoms with van der Waals surface area (Å²) in [6.07, 6.45) is 6.25. The molecule has 0 aliphatic heterocycles. The Balaban J connectivity index is 1.68. The van der Waals surface area contributed by atoms with Crippen molar-refractivity contribution in [2.45, 2.75) is 40.7 Å². The molecule has 2 aromatic heterocycles. The van der Waals surface area contributed by atoms with Gasteiger partial charge in [-0.15, -0.1) is 0 Å². The van der Waals surface area contributed by atoms with Crippen LogP contribution in [-0.4, -0.2) is 40.2 Å². The molecule has 0 N–H and O–H groups in total. The predicted molar refractivity (Wildman–Crippen MR) is 136 cm³/mol. The van der Waals surface area contributed by atoms with Crippen molar-refractivity contribution in [2.75, 3.05) is 24.7 Å². The van der Waals surface area contributed by atoms with Crippen LogP contribution >= 0.6 is 11.3 Å². The molecule has 0 fully saturated rings. The van der Waals surface area contributed by atoms with E-state index >= 15 is 0 Å². The van der Waals surface area contributed by atoms with Gasteiger partial charge in [-0.3, -0.25) is 9.69 Å². The van der Waals surface area contributed by atoms with E-state index in [1.165, 1.54) is 5.56 Å². The molecule has 178 valence electrons. The van der Waals surface area contributed by atoms with Crippen LogP contribution in [0.5, 0.6) is 11.5 Å². The summed E-state index contributed by atoms with van der Waals surface area (Å²) in [5.41, 5.74) is 3.83. The van der Waals surface area contributed by atoms with E-state index in [1.54, 1.807) is 47.0 Å². The van der Waals surface area contributed by atoms with Crippen molar-refractivity contribution in [3.63, 3.8) is 0 Å². The maximum Gasteiger partial charge on any atom is 0.260 e. The first-order chi connectivity index (χ1) is 16.5. The molecule has 0 bridgehead atoms. The van der Waals surface area contributed by atoms with Crippen LogP contribution in [0.2, 0.25) is 0 Å². The normalized spacial score (nSPS) is 11.1. The second kappa shape index (κ2) is 10.7. The minimum absolute atomic E-state index is 0.108. The summed E-state index contributed by atoms with van der Waals surface area (Å²) in [5, 5.41) is 0.700. The van der Waals surface area contributed by atoms with Crippen LogP contribution in [0.25, 0.3) is 10.2 Å². The Labute approximate surface area is 204 Å². The third-order valence-electron chi connectivity index (χ3n) is 5.70.